The summed E-state index contributed by atoms with van der Waals surface area (Å²) in [6.45, 7) is 4.16. The molecule has 1 saturated heterocycles. The van der Waals surface area contributed by atoms with Crippen LogP contribution in [0.2, 0.25) is 0 Å². The molecule has 2 rings (SSSR count). The van der Waals surface area contributed by atoms with Crippen molar-refractivity contribution >= 4 is 5.91 Å². The highest BCUT2D eigenvalue weighted by Gasteiger charge is 2.34. The van der Waals surface area contributed by atoms with E-state index in [4.69, 9.17) is 0 Å². The molecule has 1 aliphatic heterocycles. The molecular formula is C13H21NO. The van der Waals surface area contributed by atoms with Gasteiger partial charge in [0.05, 0.1) is 0 Å². The lowest BCUT2D eigenvalue weighted by Crippen LogP contribution is -2.28. The largest absolute Gasteiger partial charge is 0.342 e. The topological polar surface area (TPSA) is 20.3 Å². The van der Waals surface area contributed by atoms with Crippen molar-refractivity contribution in [2.24, 2.45) is 11.8 Å². The quantitative estimate of drug-likeness (QED) is 0.651. The summed E-state index contributed by atoms with van der Waals surface area (Å²) in [6, 6.07) is 0. The Morgan fingerprint density at radius 2 is 1.87 bits per heavy atom. The van der Waals surface area contributed by atoms with Crippen LogP contribution in [0.5, 0.6) is 0 Å². The minimum absolute atomic E-state index is 0.381. The van der Waals surface area contributed by atoms with Gasteiger partial charge in [-0.25, -0.2) is 0 Å². The number of hydrogen-bond donors (Lipinski definition) is 0. The Balaban J connectivity index is 1.84. The maximum absolute atomic E-state index is 11.9. The fourth-order valence-corrected chi connectivity index (χ4v) is 2.70. The maximum Gasteiger partial charge on any atom is 0.222 e. The molecule has 2 heteroatoms. The number of carbonyl (C=O) groups is 1. The zero-order chi connectivity index (χ0) is 10.7. The van der Waals surface area contributed by atoms with Crippen molar-refractivity contribution in [2.45, 2.75) is 39.0 Å². The molecule has 1 fully saturated rings. The van der Waals surface area contributed by atoms with E-state index in [1.165, 1.54) is 12.8 Å². The first kappa shape index (κ1) is 10.7. The van der Waals surface area contributed by atoms with E-state index in [2.05, 4.69) is 24.0 Å². The van der Waals surface area contributed by atoms with Crippen LogP contribution in [-0.4, -0.2) is 23.9 Å². The predicted octanol–water partition coefficient (Wildman–Crippen LogP) is 2.60. The van der Waals surface area contributed by atoms with Crippen molar-refractivity contribution in [3.63, 3.8) is 0 Å². The summed E-state index contributed by atoms with van der Waals surface area (Å²) in [5.41, 5.74) is 0. The summed E-state index contributed by atoms with van der Waals surface area (Å²) < 4.78 is 0. The molecule has 0 radical (unpaired) electrons. The van der Waals surface area contributed by atoms with Crippen LogP contribution in [-0.2, 0) is 4.79 Å². The van der Waals surface area contributed by atoms with E-state index in [0.29, 0.717) is 5.91 Å². The van der Waals surface area contributed by atoms with Gasteiger partial charge in [-0.3, -0.25) is 4.79 Å². The summed E-state index contributed by atoms with van der Waals surface area (Å²) in [6.07, 6.45) is 9.84. The minimum atomic E-state index is 0.381. The van der Waals surface area contributed by atoms with Crippen LogP contribution in [0, 0.1) is 11.8 Å². The van der Waals surface area contributed by atoms with Gasteiger partial charge in [-0.05, 0) is 31.1 Å². The van der Waals surface area contributed by atoms with E-state index in [0.717, 1.165) is 44.2 Å². The minimum Gasteiger partial charge on any atom is -0.342 e. The Kier molecular flexibility index (Phi) is 3.45. The molecule has 15 heavy (non-hydrogen) atoms. The normalized spacial score (nSPS) is 29.3. The van der Waals surface area contributed by atoms with Crippen molar-refractivity contribution in [3.05, 3.63) is 12.2 Å². The monoisotopic (exact) mass is 207 g/mol. The average Bonchev–Trinajstić information content (AvgIpc) is 2.69. The zero-order valence-corrected chi connectivity index (χ0v) is 9.61. The third kappa shape index (κ3) is 2.42. The van der Waals surface area contributed by atoms with Crippen LogP contribution in [0.3, 0.4) is 0 Å². The molecule has 0 spiro atoms. The Morgan fingerprint density at radius 1 is 1.27 bits per heavy atom. The average molecular weight is 207 g/mol. The molecule has 1 heterocycles. The van der Waals surface area contributed by atoms with E-state index in [1.807, 2.05) is 0 Å². The van der Waals surface area contributed by atoms with Crippen LogP contribution in [0.15, 0.2) is 12.2 Å². The smallest absolute Gasteiger partial charge is 0.222 e. The van der Waals surface area contributed by atoms with Gasteiger partial charge < -0.3 is 4.90 Å². The van der Waals surface area contributed by atoms with Crippen molar-refractivity contribution < 1.29 is 4.79 Å². The molecule has 2 nitrogen and oxygen atoms in total. The molecule has 1 amide bonds. The van der Waals surface area contributed by atoms with E-state index in [9.17, 15) is 4.79 Å². The highest BCUT2D eigenvalue weighted by molar-refractivity contribution is 5.76. The van der Waals surface area contributed by atoms with Gasteiger partial charge in [0.15, 0.2) is 0 Å². The van der Waals surface area contributed by atoms with Gasteiger partial charge >= 0.3 is 0 Å². The number of hydrogen-bond acceptors (Lipinski definition) is 1. The van der Waals surface area contributed by atoms with Crippen LogP contribution >= 0.6 is 0 Å². The fraction of sp³-hybridized carbons (Fsp3) is 0.769. The molecule has 84 valence electrons. The van der Waals surface area contributed by atoms with Crippen molar-refractivity contribution in [3.8, 4) is 0 Å². The van der Waals surface area contributed by atoms with Gasteiger partial charge in [0.1, 0.15) is 0 Å². The molecule has 2 unspecified atom stereocenters. The molecule has 1 aliphatic carbocycles. The molecule has 0 aromatic carbocycles. The first-order valence-corrected chi connectivity index (χ1v) is 6.24. The van der Waals surface area contributed by atoms with E-state index in [-0.39, 0.29) is 0 Å². The lowest BCUT2D eigenvalue weighted by molar-refractivity contribution is -0.130. The first-order chi connectivity index (χ1) is 7.31. The second-order valence-electron chi connectivity index (χ2n) is 4.87. The fourth-order valence-electron chi connectivity index (χ4n) is 2.70. The van der Waals surface area contributed by atoms with E-state index < -0.39 is 0 Å². The Bertz CT molecular complexity index is 243. The number of fused-ring (bicyclic) bond motifs is 1. The lowest BCUT2D eigenvalue weighted by atomic mass is 9.86. The van der Waals surface area contributed by atoms with Crippen LogP contribution in [0.4, 0.5) is 0 Å². The Hall–Kier alpha value is -0.790. The van der Waals surface area contributed by atoms with Gasteiger partial charge in [0, 0.05) is 19.5 Å². The predicted molar refractivity (Wildman–Crippen MR) is 61.5 cm³/mol. The SMILES string of the molecule is CCCCC(=O)N1CC2CC=CCC2C1. The number of unbranched alkanes of at least 4 members (excludes halogenated alkanes) is 1. The van der Waals surface area contributed by atoms with Gasteiger partial charge in [0.25, 0.3) is 0 Å². The highest BCUT2D eigenvalue weighted by Crippen LogP contribution is 2.32. The second-order valence-corrected chi connectivity index (χ2v) is 4.87. The summed E-state index contributed by atoms with van der Waals surface area (Å²) in [5.74, 6) is 1.88. The summed E-state index contributed by atoms with van der Waals surface area (Å²) in [5, 5.41) is 0. The van der Waals surface area contributed by atoms with E-state index in [1.54, 1.807) is 0 Å². The standard InChI is InChI=1S/C13H21NO/c1-2-3-8-13(15)14-9-11-6-4-5-7-12(11)10-14/h4-5,11-12H,2-3,6-10H2,1H3. The summed E-state index contributed by atoms with van der Waals surface area (Å²) in [4.78, 5) is 13.9. The number of allylic oxidation sites excluding steroid dienone is 2. The maximum atomic E-state index is 11.9. The second kappa shape index (κ2) is 4.82. The van der Waals surface area contributed by atoms with Crippen molar-refractivity contribution in [1.82, 2.24) is 4.90 Å². The van der Waals surface area contributed by atoms with Crippen LogP contribution < -0.4 is 0 Å². The molecule has 0 aromatic heterocycles. The van der Waals surface area contributed by atoms with Gasteiger partial charge in [0.2, 0.25) is 5.91 Å². The van der Waals surface area contributed by atoms with Gasteiger partial charge in [-0.1, -0.05) is 25.5 Å². The Labute approximate surface area is 92.3 Å². The number of nitrogens with zero attached hydrogens (tertiary/aromatic N) is 1. The molecule has 2 atom stereocenters. The number of carbonyl (C=O) groups excluding carboxylic acids is 1. The highest BCUT2D eigenvalue weighted by atomic mass is 16.2. The third-order valence-corrected chi connectivity index (χ3v) is 3.72. The first-order valence-electron chi connectivity index (χ1n) is 6.24. The molecular weight excluding hydrogens is 186 g/mol. The molecule has 2 aliphatic rings. The number of rotatable bonds is 3. The molecule has 0 saturated carbocycles. The van der Waals surface area contributed by atoms with Crippen LogP contribution in [0.1, 0.15) is 39.0 Å². The summed E-state index contributed by atoms with van der Waals surface area (Å²) in [7, 11) is 0. The van der Waals surface area contributed by atoms with Crippen molar-refractivity contribution in [2.75, 3.05) is 13.1 Å². The van der Waals surface area contributed by atoms with Gasteiger partial charge in [-0.2, -0.15) is 0 Å². The van der Waals surface area contributed by atoms with Crippen molar-refractivity contribution in [1.29, 1.82) is 0 Å². The number of amides is 1. The van der Waals surface area contributed by atoms with Gasteiger partial charge in [-0.15, -0.1) is 0 Å². The summed E-state index contributed by atoms with van der Waals surface area (Å²) >= 11 is 0. The number of likely N-dealkylation sites (tertiary alicyclic amines) is 1. The van der Waals surface area contributed by atoms with E-state index >= 15 is 0 Å². The molecule has 0 bridgehead atoms. The van der Waals surface area contributed by atoms with Crippen LogP contribution in [0.25, 0.3) is 0 Å². The molecule has 0 aromatic rings. The third-order valence-electron chi connectivity index (χ3n) is 3.72. The Morgan fingerprint density at radius 3 is 2.40 bits per heavy atom. The lowest BCUT2D eigenvalue weighted by Gasteiger charge is -2.17. The molecule has 0 N–H and O–H groups in total. The zero-order valence-electron chi connectivity index (χ0n) is 9.61.